The Bertz CT molecular complexity index is 410. The van der Waals surface area contributed by atoms with Gasteiger partial charge in [0.05, 0.1) is 6.61 Å². The van der Waals surface area contributed by atoms with Gasteiger partial charge in [0, 0.05) is 6.42 Å². The van der Waals surface area contributed by atoms with Crippen LogP contribution < -0.4 is 0 Å². The normalized spacial score (nSPS) is 15.9. The molecule has 0 aliphatic rings. The molecule has 0 aromatic heterocycles. The van der Waals surface area contributed by atoms with Crippen LogP contribution in [0.4, 0.5) is 57.1 Å². The van der Waals surface area contributed by atoms with E-state index in [2.05, 4.69) is 0 Å². The average molecular weight is 377 g/mol. The molecule has 0 aromatic rings. The zero-order valence-corrected chi connectivity index (χ0v) is 10.4. The van der Waals surface area contributed by atoms with Crippen LogP contribution in [0, 0.1) is 6.61 Å². The minimum Gasteiger partial charge on any atom is -0.390 e. The second-order valence-corrected chi connectivity index (χ2v) is 4.22. The highest BCUT2D eigenvalue weighted by atomic mass is 19.4. The van der Waals surface area contributed by atoms with Crippen molar-refractivity contribution in [3.63, 3.8) is 0 Å². The lowest BCUT2D eigenvalue weighted by atomic mass is 9.92. The van der Waals surface area contributed by atoms with Gasteiger partial charge in [-0.25, -0.2) is 0 Å². The monoisotopic (exact) mass is 377 g/mol. The van der Waals surface area contributed by atoms with Crippen molar-refractivity contribution in [3.8, 4) is 0 Å². The predicted molar refractivity (Wildman–Crippen MR) is 46.3 cm³/mol. The molecule has 0 aliphatic carbocycles. The van der Waals surface area contributed by atoms with Crippen LogP contribution in [-0.2, 0) is 0 Å². The van der Waals surface area contributed by atoms with E-state index in [9.17, 15) is 57.1 Å². The summed E-state index contributed by atoms with van der Waals surface area (Å²) >= 11 is 0. The Hall–Kier alpha value is -0.950. The van der Waals surface area contributed by atoms with Crippen molar-refractivity contribution < 1.29 is 62.2 Å². The van der Waals surface area contributed by atoms with Crippen LogP contribution in [0.3, 0.4) is 0 Å². The second-order valence-electron chi connectivity index (χ2n) is 4.22. The summed E-state index contributed by atoms with van der Waals surface area (Å²) in [4.78, 5) is 0. The summed E-state index contributed by atoms with van der Waals surface area (Å²) in [5.74, 6) is -36.8. The lowest BCUT2D eigenvalue weighted by Crippen LogP contribution is -2.70. The maximum Gasteiger partial charge on any atom is 0.460 e. The van der Waals surface area contributed by atoms with E-state index in [0.717, 1.165) is 0 Å². The molecule has 0 aromatic carbocycles. The molecule has 0 saturated carbocycles. The number of rotatable bonds is 7. The molecule has 14 heteroatoms. The molecule has 0 amide bonds. The molecule has 0 spiro atoms. The van der Waals surface area contributed by atoms with E-state index in [4.69, 9.17) is 5.11 Å². The summed E-state index contributed by atoms with van der Waals surface area (Å²) in [6, 6.07) is 0. The van der Waals surface area contributed by atoms with Crippen molar-refractivity contribution in [2.75, 3.05) is 0 Å². The Balaban J connectivity index is 6.03. The third-order valence-electron chi connectivity index (χ3n) is 2.59. The van der Waals surface area contributed by atoms with E-state index in [1.807, 2.05) is 0 Å². The number of aliphatic hydroxyl groups is 1. The number of alkyl halides is 13. The molecule has 0 fully saturated rings. The van der Waals surface area contributed by atoms with Gasteiger partial charge in [-0.15, -0.1) is 0 Å². The van der Waals surface area contributed by atoms with Gasteiger partial charge in [0.25, 0.3) is 0 Å². The molecule has 0 bridgehead atoms. The quantitative estimate of drug-likeness (QED) is 0.617. The van der Waals surface area contributed by atoms with Gasteiger partial charge < -0.3 is 5.11 Å². The predicted octanol–water partition coefficient (Wildman–Crippen LogP) is 5.04. The molecular formula is C9H6F13O. The molecule has 0 saturated heterocycles. The molecule has 0 rings (SSSR count). The van der Waals surface area contributed by atoms with Crippen molar-refractivity contribution in [1.29, 1.82) is 0 Å². The molecule has 1 N–H and O–H groups in total. The lowest BCUT2D eigenvalue weighted by molar-refractivity contribution is -0.440. The van der Waals surface area contributed by atoms with E-state index in [1.54, 1.807) is 0 Å². The summed E-state index contributed by atoms with van der Waals surface area (Å²) < 4.78 is 163. The molecule has 139 valence electrons. The first-order valence-corrected chi connectivity index (χ1v) is 5.23. The number of halogens is 13. The maximum atomic E-state index is 12.9. The summed E-state index contributed by atoms with van der Waals surface area (Å²) in [5, 5.41) is 7.99. The Morgan fingerprint density at radius 2 is 0.913 bits per heavy atom. The fourth-order valence-electron chi connectivity index (χ4n) is 1.20. The third-order valence-corrected chi connectivity index (χ3v) is 2.59. The standard InChI is InChI=1S/C9H6F13O/c10-4(11,2-1-3-23)5(12,13)6(14,15)7(16,17)8(18,19)9(20,21)22/h3,23H,1-2H2. The number of hydrogen-bond acceptors (Lipinski definition) is 1. The molecule has 0 heterocycles. The lowest BCUT2D eigenvalue weighted by Gasteiger charge is -2.39. The van der Waals surface area contributed by atoms with E-state index >= 15 is 0 Å². The smallest absolute Gasteiger partial charge is 0.390 e. The minimum absolute atomic E-state index is 0.259. The van der Waals surface area contributed by atoms with Crippen LogP contribution >= 0.6 is 0 Å². The number of aliphatic hydroxyl groups excluding tert-OH is 1. The van der Waals surface area contributed by atoms with Gasteiger partial charge in [0.15, 0.2) is 0 Å². The first-order valence-electron chi connectivity index (χ1n) is 5.23. The van der Waals surface area contributed by atoms with E-state index in [1.165, 1.54) is 0 Å². The SMILES string of the molecule is O[CH]CCC(F)(F)C(F)(F)C(F)(F)C(F)(F)C(F)(F)C(F)(F)F. The van der Waals surface area contributed by atoms with Crippen molar-refractivity contribution in [3.05, 3.63) is 6.61 Å². The summed E-state index contributed by atoms with van der Waals surface area (Å²) in [6.07, 6.45) is -11.3. The topological polar surface area (TPSA) is 20.2 Å². The van der Waals surface area contributed by atoms with Gasteiger partial charge in [-0.1, -0.05) is 0 Å². The van der Waals surface area contributed by atoms with E-state index in [-0.39, 0.29) is 6.61 Å². The molecule has 1 nitrogen and oxygen atoms in total. The summed E-state index contributed by atoms with van der Waals surface area (Å²) in [7, 11) is 0. The second kappa shape index (κ2) is 5.84. The Labute approximate surface area is 119 Å². The fraction of sp³-hybridized carbons (Fsp3) is 0.889. The highest BCUT2D eigenvalue weighted by Gasteiger charge is 2.90. The molecular weight excluding hydrogens is 371 g/mol. The van der Waals surface area contributed by atoms with Gasteiger partial charge in [0.1, 0.15) is 0 Å². The average Bonchev–Trinajstić information content (AvgIpc) is 2.34. The van der Waals surface area contributed by atoms with Crippen LogP contribution in [0.5, 0.6) is 0 Å². The highest BCUT2D eigenvalue weighted by molar-refractivity contribution is 5.10. The molecule has 23 heavy (non-hydrogen) atoms. The van der Waals surface area contributed by atoms with Crippen LogP contribution in [0.1, 0.15) is 12.8 Å². The first kappa shape index (κ1) is 22.1. The van der Waals surface area contributed by atoms with Crippen molar-refractivity contribution in [2.45, 2.75) is 48.6 Å². The summed E-state index contributed by atoms with van der Waals surface area (Å²) in [6.45, 7) is -0.259. The Kier molecular flexibility index (Phi) is 5.60. The van der Waals surface area contributed by atoms with E-state index < -0.39 is 48.6 Å². The van der Waals surface area contributed by atoms with Crippen LogP contribution in [0.15, 0.2) is 0 Å². The zero-order chi connectivity index (χ0) is 19.1. The minimum atomic E-state index is -7.88. The van der Waals surface area contributed by atoms with Crippen LogP contribution in [0.2, 0.25) is 0 Å². The zero-order valence-electron chi connectivity index (χ0n) is 10.4. The highest BCUT2D eigenvalue weighted by Crippen LogP contribution is 2.60. The van der Waals surface area contributed by atoms with Gasteiger partial charge in [-0.05, 0) is 6.42 Å². The third kappa shape index (κ3) is 3.18. The molecule has 0 aliphatic heterocycles. The maximum absolute atomic E-state index is 12.9. The Morgan fingerprint density at radius 3 is 1.22 bits per heavy atom. The number of hydrogen-bond donors (Lipinski definition) is 1. The molecule has 0 unspecified atom stereocenters. The van der Waals surface area contributed by atoms with Gasteiger partial charge in [0.2, 0.25) is 0 Å². The van der Waals surface area contributed by atoms with Crippen molar-refractivity contribution in [2.24, 2.45) is 0 Å². The molecule has 0 atom stereocenters. The van der Waals surface area contributed by atoms with E-state index in [0.29, 0.717) is 0 Å². The molecule has 1 radical (unpaired) electrons. The van der Waals surface area contributed by atoms with Gasteiger partial charge in [-0.3, -0.25) is 0 Å². The van der Waals surface area contributed by atoms with Crippen LogP contribution in [-0.4, -0.2) is 40.9 Å². The Morgan fingerprint density at radius 1 is 0.565 bits per heavy atom. The van der Waals surface area contributed by atoms with Gasteiger partial charge >= 0.3 is 35.8 Å². The van der Waals surface area contributed by atoms with Crippen molar-refractivity contribution >= 4 is 0 Å². The van der Waals surface area contributed by atoms with Crippen molar-refractivity contribution in [1.82, 2.24) is 0 Å². The first-order chi connectivity index (χ1) is 9.81. The summed E-state index contributed by atoms with van der Waals surface area (Å²) in [5.41, 5.74) is 0. The fourth-order valence-corrected chi connectivity index (χ4v) is 1.20. The van der Waals surface area contributed by atoms with Crippen LogP contribution in [0.25, 0.3) is 0 Å². The van der Waals surface area contributed by atoms with Gasteiger partial charge in [-0.2, -0.15) is 57.1 Å². The largest absolute Gasteiger partial charge is 0.460 e.